The maximum Gasteiger partial charge on any atom is 0.225 e. The molecule has 0 radical (unpaired) electrons. The van der Waals surface area contributed by atoms with Crippen LogP contribution >= 0.6 is 0 Å². The second-order valence-electron chi connectivity index (χ2n) is 6.50. The average molecular weight is 284 g/mol. The van der Waals surface area contributed by atoms with Crippen LogP contribution in [0.1, 0.15) is 34.6 Å². The van der Waals surface area contributed by atoms with Gasteiger partial charge in [-0.1, -0.05) is 30.3 Å². The van der Waals surface area contributed by atoms with E-state index in [2.05, 4.69) is 67.4 Å². The van der Waals surface area contributed by atoms with E-state index in [4.69, 9.17) is 0 Å². The Morgan fingerprint density at radius 1 is 1.00 bits per heavy atom. The number of hydrogen-bond donors (Lipinski definition) is 2. The third-order valence-electron chi connectivity index (χ3n) is 2.72. The van der Waals surface area contributed by atoms with Crippen LogP contribution in [-0.2, 0) is 0 Å². The van der Waals surface area contributed by atoms with Gasteiger partial charge in [0.2, 0.25) is 5.95 Å². The third kappa shape index (κ3) is 4.74. The van der Waals surface area contributed by atoms with Gasteiger partial charge in [-0.15, -0.1) is 0 Å². The summed E-state index contributed by atoms with van der Waals surface area (Å²) in [5.74, 6) is 1.48. The average Bonchev–Trinajstić information content (AvgIpc) is 2.36. The molecule has 0 saturated heterocycles. The minimum atomic E-state index is -0.0442. The second-order valence-corrected chi connectivity index (χ2v) is 6.50. The summed E-state index contributed by atoms with van der Waals surface area (Å²) in [6.07, 6.45) is 0. The lowest BCUT2D eigenvalue weighted by Crippen LogP contribution is -2.27. The fourth-order valence-corrected chi connectivity index (χ4v) is 1.98. The Labute approximate surface area is 127 Å². The van der Waals surface area contributed by atoms with Gasteiger partial charge in [-0.3, -0.25) is 0 Å². The molecule has 1 aromatic heterocycles. The van der Waals surface area contributed by atoms with Crippen molar-refractivity contribution in [1.29, 1.82) is 0 Å². The van der Waals surface area contributed by atoms with Gasteiger partial charge in [0.15, 0.2) is 0 Å². The summed E-state index contributed by atoms with van der Waals surface area (Å²) < 4.78 is 0. The van der Waals surface area contributed by atoms with Crippen LogP contribution in [-0.4, -0.2) is 21.5 Å². The van der Waals surface area contributed by atoms with E-state index in [-0.39, 0.29) is 5.54 Å². The molecule has 21 heavy (non-hydrogen) atoms. The van der Waals surface area contributed by atoms with Gasteiger partial charge in [0.1, 0.15) is 5.82 Å². The lowest BCUT2D eigenvalue weighted by Gasteiger charge is -2.22. The largest absolute Gasteiger partial charge is 0.365 e. The predicted octanol–water partition coefficient (Wildman–Crippen LogP) is 4.17. The van der Waals surface area contributed by atoms with Crippen molar-refractivity contribution < 1.29 is 0 Å². The standard InChI is InChI=1S/C17H24N4/c1-12(2)18-16-19-14(13-9-7-6-8-10-13)11-15(20-16)21-17(3,4)5/h6-12H,1-5H3,(H2,18,19,20,21). The van der Waals surface area contributed by atoms with Gasteiger partial charge in [-0.2, -0.15) is 4.98 Å². The first-order valence-electron chi connectivity index (χ1n) is 7.33. The minimum absolute atomic E-state index is 0.0442. The van der Waals surface area contributed by atoms with Crippen LogP contribution in [0.4, 0.5) is 11.8 Å². The van der Waals surface area contributed by atoms with Gasteiger partial charge in [0.05, 0.1) is 5.69 Å². The van der Waals surface area contributed by atoms with E-state index in [0.29, 0.717) is 12.0 Å². The predicted molar refractivity (Wildman–Crippen MR) is 89.6 cm³/mol. The molecule has 4 nitrogen and oxygen atoms in total. The molecular weight excluding hydrogens is 260 g/mol. The number of anilines is 2. The molecule has 1 aromatic carbocycles. The van der Waals surface area contributed by atoms with Crippen LogP contribution in [0.25, 0.3) is 11.3 Å². The van der Waals surface area contributed by atoms with E-state index >= 15 is 0 Å². The molecule has 4 heteroatoms. The molecule has 0 aliphatic heterocycles. The number of rotatable bonds is 4. The molecule has 0 aliphatic rings. The highest BCUT2D eigenvalue weighted by molar-refractivity contribution is 5.64. The zero-order valence-electron chi connectivity index (χ0n) is 13.4. The molecule has 1 heterocycles. The zero-order chi connectivity index (χ0) is 15.5. The van der Waals surface area contributed by atoms with Crippen molar-refractivity contribution in [2.24, 2.45) is 0 Å². The molecule has 0 atom stereocenters. The Bertz CT molecular complexity index is 585. The van der Waals surface area contributed by atoms with Gasteiger partial charge < -0.3 is 10.6 Å². The Morgan fingerprint density at radius 3 is 2.24 bits per heavy atom. The number of nitrogens with one attached hydrogen (secondary N) is 2. The van der Waals surface area contributed by atoms with Crippen LogP contribution in [0.3, 0.4) is 0 Å². The minimum Gasteiger partial charge on any atom is -0.365 e. The number of nitrogens with zero attached hydrogens (tertiary/aromatic N) is 2. The SMILES string of the molecule is CC(C)Nc1nc(NC(C)(C)C)cc(-c2ccccc2)n1. The smallest absolute Gasteiger partial charge is 0.225 e. The summed E-state index contributed by atoms with van der Waals surface area (Å²) in [7, 11) is 0. The highest BCUT2D eigenvalue weighted by Gasteiger charge is 2.13. The van der Waals surface area contributed by atoms with Gasteiger partial charge in [-0.05, 0) is 34.6 Å². The summed E-state index contributed by atoms with van der Waals surface area (Å²) in [6, 6.07) is 12.4. The highest BCUT2D eigenvalue weighted by Crippen LogP contribution is 2.23. The van der Waals surface area contributed by atoms with Crippen LogP contribution in [0, 0.1) is 0 Å². The number of benzene rings is 1. The first-order chi connectivity index (χ1) is 9.83. The van der Waals surface area contributed by atoms with Gasteiger partial charge in [-0.25, -0.2) is 4.98 Å². The molecule has 0 saturated carbocycles. The van der Waals surface area contributed by atoms with E-state index in [9.17, 15) is 0 Å². The lowest BCUT2D eigenvalue weighted by molar-refractivity contribution is 0.630. The van der Waals surface area contributed by atoms with Crippen LogP contribution < -0.4 is 10.6 Å². The molecular formula is C17H24N4. The van der Waals surface area contributed by atoms with Crippen molar-refractivity contribution in [2.75, 3.05) is 10.6 Å². The van der Waals surface area contributed by atoms with Crippen LogP contribution in [0.15, 0.2) is 36.4 Å². The normalized spacial score (nSPS) is 11.5. The first kappa shape index (κ1) is 15.3. The lowest BCUT2D eigenvalue weighted by atomic mass is 10.1. The fraction of sp³-hybridized carbons (Fsp3) is 0.412. The maximum atomic E-state index is 4.61. The van der Waals surface area contributed by atoms with E-state index in [0.717, 1.165) is 17.1 Å². The summed E-state index contributed by atoms with van der Waals surface area (Å²) >= 11 is 0. The number of hydrogen-bond acceptors (Lipinski definition) is 4. The second kappa shape index (κ2) is 6.12. The van der Waals surface area contributed by atoms with E-state index in [1.807, 2.05) is 24.3 Å². The van der Waals surface area contributed by atoms with E-state index in [1.165, 1.54) is 0 Å². The monoisotopic (exact) mass is 284 g/mol. The molecule has 2 rings (SSSR count). The fourth-order valence-electron chi connectivity index (χ4n) is 1.98. The molecule has 0 aliphatic carbocycles. The molecule has 0 unspecified atom stereocenters. The van der Waals surface area contributed by atoms with Crippen molar-refractivity contribution >= 4 is 11.8 Å². The van der Waals surface area contributed by atoms with Gasteiger partial charge in [0, 0.05) is 23.2 Å². The van der Waals surface area contributed by atoms with E-state index < -0.39 is 0 Å². The van der Waals surface area contributed by atoms with Gasteiger partial charge in [0.25, 0.3) is 0 Å². The van der Waals surface area contributed by atoms with Gasteiger partial charge >= 0.3 is 0 Å². The molecule has 2 aromatic rings. The molecule has 0 amide bonds. The summed E-state index contributed by atoms with van der Waals surface area (Å²) in [6.45, 7) is 10.5. The zero-order valence-corrected chi connectivity index (χ0v) is 13.4. The van der Waals surface area contributed by atoms with Crippen molar-refractivity contribution in [3.05, 3.63) is 36.4 Å². The molecule has 0 fully saturated rings. The summed E-state index contributed by atoms with van der Waals surface area (Å²) in [5.41, 5.74) is 1.96. The van der Waals surface area contributed by atoms with E-state index in [1.54, 1.807) is 0 Å². The summed E-state index contributed by atoms with van der Waals surface area (Å²) in [4.78, 5) is 9.16. The van der Waals surface area contributed by atoms with Crippen LogP contribution in [0.2, 0.25) is 0 Å². The Kier molecular flexibility index (Phi) is 4.46. The third-order valence-corrected chi connectivity index (χ3v) is 2.72. The first-order valence-corrected chi connectivity index (χ1v) is 7.33. The molecule has 0 bridgehead atoms. The summed E-state index contributed by atoms with van der Waals surface area (Å²) in [5, 5.41) is 6.69. The highest BCUT2D eigenvalue weighted by atomic mass is 15.2. The molecule has 112 valence electrons. The van der Waals surface area contributed by atoms with Crippen molar-refractivity contribution in [3.63, 3.8) is 0 Å². The Balaban J connectivity index is 2.42. The number of aromatic nitrogens is 2. The van der Waals surface area contributed by atoms with Crippen molar-refractivity contribution in [2.45, 2.75) is 46.2 Å². The van der Waals surface area contributed by atoms with Crippen LogP contribution in [0.5, 0.6) is 0 Å². The Morgan fingerprint density at radius 2 is 1.67 bits per heavy atom. The Hall–Kier alpha value is -2.10. The maximum absolute atomic E-state index is 4.61. The van der Waals surface area contributed by atoms with Crippen molar-refractivity contribution in [3.8, 4) is 11.3 Å². The van der Waals surface area contributed by atoms with Crippen molar-refractivity contribution in [1.82, 2.24) is 9.97 Å². The topological polar surface area (TPSA) is 49.8 Å². The molecule has 2 N–H and O–H groups in total. The molecule has 0 spiro atoms. The quantitative estimate of drug-likeness (QED) is 0.884.